The molecule has 0 aliphatic heterocycles. The molecular weight excluding hydrogens is 269 g/mol. The normalized spacial score (nSPS) is 10.5. The summed E-state index contributed by atoms with van der Waals surface area (Å²) in [5.41, 5.74) is 0. The van der Waals surface area contributed by atoms with Gasteiger partial charge in [-0.1, -0.05) is 13.8 Å². The Morgan fingerprint density at radius 2 is 2.27 bits per heavy atom. The maximum absolute atomic E-state index is 4.03. The first-order valence-electron chi connectivity index (χ1n) is 3.46. The van der Waals surface area contributed by atoms with Crippen molar-refractivity contribution < 1.29 is 0 Å². The number of rotatable bonds is 2. The summed E-state index contributed by atoms with van der Waals surface area (Å²) in [7, 11) is 0. The molecule has 0 N–H and O–H groups in total. The fourth-order valence-corrected chi connectivity index (χ4v) is 2.25. The van der Waals surface area contributed by atoms with Gasteiger partial charge in [-0.3, -0.25) is 4.98 Å². The largest absolute Gasteiger partial charge is 0.264 e. The molecule has 11 heavy (non-hydrogen) atoms. The van der Waals surface area contributed by atoms with Gasteiger partial charge in [0, 0.05) is 26.1 Å². The van der Waals surface area contributed by atoms with Crippen LogP contribution in [0.3, 0.4) is 0 Å². The van der Waals surface area contributed by atoms with Gasteiger partial charge in [-0.25, -0.2) is 0 Å². The van der Waals surface area contributed by atoms with Gasteiger partial charge in [-0.15, -0.1) is 11.8 Å². The molecular formula is C8H10INS. The molecule has 1 nitrogen and oxygen atoms in total. The summed E-state index contributed by atoms with van der Waals surface area (Å²) in [5.74, 6) is 0. The Labute approximate surface area is 85.1 Å². The van der Waals surface area contributed by atoms with Crippen molar-refractivity contribution in [3.8, 4) is 0 Å². The van der Waals surface area contributed by atoms with E-state index >= 15 is 0 Å². The summed E-state index contributed by atoms with van der Waals surface area (Å²) in [6.45, 7) is 4.39. The average molecular weight is 279 g/mol. The van der Waals surface area contributed by atoms with Crippen LogP contribution < -0.4 is 0 Å². The minimum atomic E-state index is 0.644. The SMILES string of the molecule is CC(C)Sc1ccncc1I. The highest BCUT2D eigenvalue weighted by Crippen LogP contribution is 2.26. The van der Waals surface area contributed by atoms with Gasteiger partial charge in [-0.05, 0) is 28.7 Å². The summed E-state index contributed by atoms with van der Waals surface area (Å²) in [4.78, 5) is 5.36. The lowest BCUT2D eigenvalue weighted by molar-refractivity contribution is 1.10. The number of aromatic nitrogens is 1. The fourth-order valence-electron chi connectivity index (χ4n) is 0.712. The standard InChI is InChI=1S/C8H10INS/c1-6(2)11-8-3-4-10-5-7(8)9/h3-6H,1-2H3. The zero-order chi connectivity index (χ0) is 8.27. The van der Waals surface area contributed by atoms with Crippen molar-refractivity contribution in [2.75, 3.05) is 0 Å². The maximum atomic E-state index is 4.03. The van der Waals surface area contributed by atoms with Gasteiger partial charge in [0.2, 0.25) is 0 Å². The third-order valence-electron chi connectivity index (χ3n) is 1.10. The van der Waals surface area contributed by atoms with Crippen molar-refractivity contribution in [1.29, 1.82) is 0 Å². The van der Waals surface area contributed by atoms with Gasteiger partial charge >= 0.3 is 0 Å². The smallest absolute Gasteiger partial charge is 0.0449 e. The first-order chi connectivity index (χ1) is 5.20. The number of pyridine rings is 1. The van der Waals surface area contributed by atoms with Crippen LogP contribution in [0.4, 0.5) is 0 Å². The summed E-state index contributed by atoms with van der Waals surface area (Å²) < 4.78 is 1.24. The van der Waals surface area contributed by atoms with Gasteiger partial charge in [0.1, 0.15) is 0 Å². The highest BCUT2D eigenvalue weighted by molar-refractivity contribution is 14.1. The predicted molar refractivity (Wildman–Crippen MR) is 57.9 cm³/mol. The maximum Gasteiger partial charge on any atom is 0.0449 e. The van der Waals surface area contributed by atoms with Gasteiger partial charge in [0.25, 0.3) is 0 Å². The Hall–Kier alpha value is 0.230. The molecule has 0 amide bonds. The lowest BCUT2D eigenvalue weighted by Crippen LogP contribution is -1.88. The lowest BCUT2D eigenvalue weighted by atomic mass is 10.5. The summed E-state index contributed by atoms with van der Waals surface area (Å²) in [6.07, 6.45) is 3.73. The monoisotopic (exact) mass is 279 g/mol. The second kappa shape index (κ2) is 4.30. The van der Waals surface area contributed by atoms with Crippen LogP contribution in [-0.4, -0.2) is 10.2 Å². The molecule has 0 saturated carbocycles. The van der Waals surface area contributed by atoms with Crippen molar-refractivity contribution in [2.45, 2.75) is 24.0 Å². The second-order valence-corrected chi connectivity index (χ2v) is 5.25. The molecule has 3 heteroatoms. The summed E-state index contributed by atoms with van der Waals surface area (Å²) in [6, 6.07) is 2.06. The molecule has 0 atom stereocenters. The molecule has 0 bridgehead atoms. The number of thioether (sulfide) groups is 1. The first kappa shape index (κ1) is 9.32. The Kier molecular flexibility index (Phi) is 3.65. The van der Waals surface area contributed by atoms with E-state index in [-0.39, 0.29) is 0 Å². The molecule has 1 aromatic rings. The van der Waals surface area contributed by atoms with E-state index in [2.05, 4.69) is 47.5 Å². The van der Waals surface area contributed by atoms with Crippen LogP contribution >= 0.6 is 34.4 Å². The van der Waals surface area contributed by atoms with Crippen molar-refractivity contribution >= 4 is 34.4 Å². The van der Waals surface area contributed by atoms with E-state index in [9.17, 15) is 0 Å². The van der Waals surface area contributed by atoms with Crippen LogP contribution in [0, 0.1) is 3.57 Å². The number of halogens is 1. The van der Waals surface area contributed by atoms with E-state index in [0.717, 1.165) is 0 Å². The van der Waals surface area contributed by atoms with Crippen LogP contribution in [-0.2, 0) is 0 Å². The predicted octanol–water partition coefficient (Wildman–Crippen LogP) is 3.19. The van der Waals surface area contributed by atoms with E-state index in [0.29, 0.717) is 5.25 Å². The summed E-state index contributed by atoms with van der Waals surface area (Å²) >= 11 is 4.19. The Bertz CT molecular complexity index is 237. The molecule has 0 fully saturated rings. The second-order valence-electron chi connectivity index (χ2n) is 2.47. The van der Waals surface area contributed by atoms with E-state index in [1.54, 1.807) is 0 Å². The van der Waals surface area contributed by atoms with Crippen LogP contribution in [0.15, 0.2) is 23.4 Å². The molecule has 0 aliphatic carbocycles. The van der Waals surface area contributed by atoms with Gasteiger partial charge in [0.15, 0.2) is 0 Å². The number of hydrogen-bond acceptors (Lipinski definition) is 2. The summed E-state index contributed by atoms with van der Waals surface area (Å²) in [5, 5.41) is 0.644. The Morgan fingerprint density at radius 3 is 2.82 bits per heavy atom. The van der Waals surface area contributed by atoms with Crippen LogP contribution in [0.25, 0.3) is 0 Å². The minimum absolute atomic E-state index is 0.644. The zero-order valence-electron chi connectivity index (χ0n) is 6.54. The molecule has 1 rings (SSSR count). The third-order valence-corrected chi connectivity index (χ3v) is 3.40. The molecule has 0 spiro atoms. The van der Waals surface area contributed by atoms with Gasteiger partial charge in [0.05, 0.1) is 0 Å². The molecule has 0 unspecified atom stereocenters. The van der Waals surface area contributed by atoms with Crippen molar-refractivity contribution in [2.24, 2.45) is 0 Å². The molecule has 0 saturated heterocycles. The van der Waals surface area contributed by atoms with Crippen molar-refractivity contribution in [3.63, 3.8) is 0 Å². The molecule has 0 radical (unpaired) electrons. The highest BCUT2D eigenvalue weighted by Gasteiger charge is 2.01. The highest BCUT2D eigenvalue weighted by atomic mass is 127. The van der Waals surface area contributed by atoms with E-state index in [1.165, 1.54) is 8.47 Å². The number of nitrogens with zero attached hydrogens (tertiary/aromatic N) is 1. The van der Waals surface area contributed by atoms with Crippen LogP contribution in [0.1, 0.15) is 13.8 Å². The van der Waals surface area contributed by atoms with E-state index < -0.39 is 0 Å². The Balaban J connectivity index is 2.78. The first-order valence-corrected chi connectivity index (χ1v) is 5.42. The quantitative estimate of drug-likeness (QED) is 0.609. The molecule has 0 aliphatic rings. The van der Waals surface area contributed by atoms with E-state index in [1.807, 2.05) is 24.2 Å². The lowest BCUT2D eigenvalue weighted by Gasteiger charge is -2.05. The third kappa shape index (κ3) is 2.99. The van der Waals surface area contributed by atoms with Gasteiger partial charge < -0.3 is 0 Å². The Morgan fingerprint density at radius 1 is 1.55 bits per heavy atom. The molecule has 60 valence electrons. The number of hydrogen-bond donors (Lipinski definition) is 0. The van der Waals surface area contributed by atoms with Crippen molar-refractivity contribution in [3.05, 3.63) is 22.0 Å². The van der Waals surface area contributed by atoms with Crippen molar-refractivity contribution in [1.82, 2.24) is 4.98 Å². The van der Waals surface area contributed by atoms with E-state index in [4.69, 9.17) is 0 Å². The van der Waals surface area contributed by atoms with Gasteiger partial charge in [-0.2, -0.15) is 0 Å². The average Bonchev–Trinajstić information content (AvgIpc) is 1.93. The van der Waals surface area contributed by atoms with Crippen LogP contribution in [0.2, 0.25) is 0 Å². The fraction of sp³-hybridized carbons (Fsp3) is 0.375. The zero-order valence-corrected chi connectivity index (χ0v) is 9.52. The molecule has 1 heterocycles. The molecule has 1 aromatic heterocycles. The van der Waals surface area contributed by atoms with Crippen LogP contribution in [0.5, 0.6) is 0 Å². The topological polar surface area (TPSA) is 12.9 Å². The minimum Gasteiger partial charge on any atom is -0.264 e. The molecule has 0 aromatic carbocycles.